The maximum Gasteiger partial charge on any atom is 0.231 e. The van der Waals surface area contributed by atoms with Crippen molar-refractivity contribution in [1.82, 2.24) is 4.98 Å². The summed E-state index contributed by atoms with van der Waals surface area (Å²) in [5, 5.41) is 5.86. The monoisotopic (exact) mass is 282 g/mol. The van der Waals surface area contributed by atoms with E-state index in [1.165, 1.54) is 25.7 Å². The summed E-state index contributed by atoms with van der Waals surface area (Å²) in [6, 6.07) is 6.11. The molecule has 0 amide bonds. The van der Waals surface area contributed by atoms with Crippen LogP contribution in [0.3, 0.4) is 0 Å². The summed E-state index contributed by atoms with van der Waals surface area (Å²) < 4.78 is 10.9. The lowest BCUT2D eigenvalue weighted by atomic mass is 10.0. The van der Waals surface area contributed by atoms with Gasteiger partial charge in [0, 0.05) is 18.1 Å². The van der Waals surface area contributed by atoms with Crippen molar-refractivity contribution in [1.29, 1.82) is 0 Å². The topological polar surface area (TPSA) is 43.4 Å². The van der Waals surface area contributed by atoms with Gasteiger partial charge in [-0.15, -0.1) is 0 Å². The third kappa shape index (κ3) is 1.85. The van der Waals surface area contributed by atoms with Gasteiger partial charge in [0.1, 0.15) is 5.82 Å². The molecule has 2 aromatic rings. The van der Waals surface area contributed by atoms with E-state index in [-0.39, 0.29) is 0 Å². The third-order valence-electron chi connectivity index (χ3n) is 5.20. The van der Waals surface area contributed by atoms with E-state index >= 15 is 0 Å². The van der Waals surface area contributed by atoms with Crippen LogP contribution in [0.5, 0.6) is 11.5 Å². The number of rotatable bonds is 4. The Morgan fingerprint density at radius 1 is 1.19 bits per heavy atom. The minimum absolute atomic E-state index is 0.312. The van der Waals surface area contributed by atoms with Crippen LogP contribution < -0.4 is 14.8 Å². The summed E-state index contributed by atoms with van der Waals surface area (Å²) >= 11 is 0. The first kappa shape index (κ1) is 11.7. The van der Waals surface area contributed by atoms with E-state index in [0.29, 0.717) is 12.2 Å². The van der Waals surface area contributed by atoms with Crippen molar-refractivity contribution in [3.8, 4) is 11.5 Å². The van der Waals surface area contributed by atoms with Crippen LogP contribution in [0.25, 0.3) is 10.8 Å². The van der Waals surface area contributed by atoms with Crippen LogP contribution in [0.15, 0.2) is 24.4 Å². The van der Waals surface area contributed by atoms with Crippen molar-refractivity contribution in [3.63, 3.8) is 0 Å². The molecule has 0 bridgehead atoms. The van der Waals surface area contributed by atoms with Gasteiger partial charge in [-0.05, 0) is 60.6 Å². The van der Waals surface area contributed by atoms with E-state index in [4.69, 9.17) is 9.47 Å². The Bertz CT molecular complexity index is 720. The average molecular weight is 282 g/mol. The molecule has 4 nitrogen and oxygen atoms in total. The fourth-order valence-electron chi connectivity index (χ4n) is 3.55. The number of anilines is 1. The van der Waals surface area contributed by atoms with Crippen LogP contribution in [0.2, 0.25) is 0 Å². The highest BCUT2D eigenvalue weighted by molar-refractivity contribution is 5.94. The molecule has 0 atom stereocenters. The minimum atomic E-state index is 0.312. The van der Waals surface area contributed by atoms with Crippen molar-refractivity contribution in [2.45, 2.75) is 25.7 Å². The molecule has 21 heavy (non-hydrogen) atoms. The molecule has 2 heterocycles. The first-order valence-electron chi connectivity index (χ1n) is 7.76. The molecule has 2 aliphatic carbocycles. The number of benzene rings is 1. The highest BCUT2D eigenvalue weighted by Crippen LogP contribution is 2.61. The molecule has 2 saturated carbocycles. The van der Waals surface area contributed by atoms with Crippen molar-refractivity contribution < 1.29 is 9.47 Å². The van der Waals surface area contributed by atoms with Gasteiger partial charge in [-0.25, -0.2) is 4.98 Å². The fraction of sp³-hybridized carbons (Fsp3) is 0.471. The van der Waals surface area contributed by atoms with Gasteiger partial charge in [-0.2, -0.15) is 0 Å². The molecule has 4 heteroatoms. The zero-order valence-electron chi connectivity index (χ0n) is 11.9. The van der Waals surface area contributed by atoms with E-state index < -0.39 is 0 Å². The highest BCUT2D eigenvalue weighted by Gasteiger charge is 2.53. The van der Waals surface area contributed by atoms with Gasteiger partial charge in [-0.1, -0.05) is 0 Å². The number of nitrogens with zero attached hydrogens (tertiary/aromatic N) is 1. The summed E-state index contributed by atoms with van der Waals surface area (Å²) in [4.78, 5) is 4.54. The number of fused-ring (bicyclic) bond motifs is 2. The number of hydrogen-bond acceptors (Lipinski definition) is 4. The molecule has 1 aromatic carbocycles. The van der Waals surface area contributed by atoms with E-state index in [2.05, 4.69) is 10.3 Å². The Labute approximate surface area is 123 Å². The van der Waals surface area contributed by atoms with Crippen LogP contribution in [-0.4, -0.2) is 18.3 Å². The maximum absolute atomic E-state index is 5.49. The molecule has 1 aromatic heterocycles. The predicted molar refractivity (Wildman–Crippen MR) is 80.7 cm³/mol. The normalized spacial score (nSPS) is 21.5. The standard InChI is InChI=1S/C17H18N2O2/c1-2-12(1)17(4-5-17)9-19-16-13-8-15-14(20-10-21-15)7-11(13)3-6-18-16/h3,6-8,12H,1-2,4-5,9-10H2,(H,18,19). The smallest absolute Gasteiger partial charge is 0.231 e. The second kappa shape index (κ2) is 4.03. The SMILES string of the molecule is c1cc2cc3c(cc2c(NCC2(C4CC4)CC2)n1)OCO3. The molecule has 0 unspecified atom stereocenters. The first-order valence-corrected chi connectivity index (χ1v) is 7.76. The van der Waals surface area contributed by atoms with Crippen LogP contribution >= 0.6 is 0 Å². The second-order valence-corrected chi connectivity index (χ2v) is 6.58. The Morgan fingerprint density at radius 2 is 2.00 bits per heavy atom. The molecular weight excluding hydrogens is 264 g/mol. The average Bonchev–Trinajstić information content (AvgIpc) is 3.40. The Morgan fingerprint density at radius 3 is 2.76 bits per heavy atom. The van der Waals surface area contributed by atoms with E-state index in [1.807, 2.05) is 24.4 Å². The molecule has 2 fully saturated rings. The van der Waals surface area contributed by atoms with Gasteiger partial charge in [0.2, 0.25) is 6.79 Å². The van der Waals surface area contributed by atoms with Gasteiger partial charge in [0.05, 0.1) is 0 Å². The van der Waals surface area contributed by atoms with Gasteiger partial charge >= 0.3 is 0 Å². The molecule has 0 spiro atoms. The number of nitrogens with one attached hydrogen (secondary N) is 1. The zero-order chi connectivity index (χ0) is 13.9. The first-order chi connectivity index (χ1) is 10.3. The molecule has 0 radical (unpaired) electrons. The maximum atomic E-state index is 5.49. The van der Waals surface area contributed by atoms with E-state index in [0.717, 1.165) is 40.6 Å². The molecule has 1 aliphatic heterocycles. The summed E-state index contributed by atoms with van der Waals surface area (Å²) in [7, 11) is 0. The Kier molecular flexibility index (Phi) is 2.24. The lowest BCUT2D eigenvalue weighted by molar-refractivity contribution is 0.174. The highest BCUT2D eigenvalue weighted by atomic mass is 16.7. The van der Waals surface area contributed by atoms with Crippen molar-refractivity contribution in [3.05, 3.63) is 24.4 Å². The second-order valence-electron chi connectivity index (χ2n) is 6.58. The fourth-order valence-corrected chi connectivity index (χ4v) is 3.55. The minimum Gasteiger partial charge on any atom is -0.454 e. The van der Waals surface area contributed by atoms with Crippen LogP contribution in [0.1, 0.15) is 25.7 Å². The van der Waals surface area contributed by atoms with Crippen LogP contribution in [0, 0.1) is 11.3 Å². The van der Waals surface area contributed by atoms with Gasteiger partial charge < -0.3 is 14.8 Å². The van der Waals surface area contributed by atoms with E-state index in [9.17, 15) is 0 Å². The molecule has 108 valence electrons. The molecule has 1 N–H and O–H groups in total. The summed E-state index contributed by atoms with van der Waals surface area (Å²) in [6.07, 6.45) is 7.46. The zero-order valence-corrected chi connectivity index (χ0v) is 11.9. The number of pyridine rings is 1. The van der Waals surface area contributed by atoms with Crippen molar-refractivity contribution >= 4 is 16.6 Å². The van der Waals surface area contributed by atoms with Gasteiger partial charge in [-0.3, -0.25) is 0 Å². The Balaban J connectivity index is 1.48. The summed E-state index contributed by atoms with van der Waals surface area (Å²) in [6.45, 7) is 1.37. The summed E-state index contributed by atoms with van der Waals surface area (Å²) in [5.74, 6) is 3.58. The number of hydrogen-bond donors (Lipinski definition) is 1. The van der Waals surface area contributed by atoms with Crippen molar-refractivity contribution in [2.24, 2.45) is 11.3 Å². The molecular formula is C17H18N2O2. The van der Waals surface area contributed by atoms with Crippen molar-refractivity contribution in [2.75, 3.05) is 18.7 Å². The quantitative estimate of drug-likeness (QED) is 0.931. The largest absolute Gasteiger partial charge is 0.454 e. The lowest BCUT2D eigenvalue weighted by Crippen LogP contribution is -2.18. The summed E-state index contributed by atoms with van der Waals surface area (Å²) in [5.41, 5.74) is 0.570. The predicted octanol–water partition coefficient (Wildman–Crippen LogP) is 3.57. The lowest BCUT2D eigenvalue weighted by Gasteiger charge is -2.16. The molecule has 3 aliphatic rings. The van der Waals surface area contributed by atoms with Gasteiger partial charge in [0.15, 0.2) is 11.5 Å². The van der Waals surface area contributed by atoms with Crippen LogP contribution in [0.4, 0.5) is 5.82 Å². The third-order valence-corrected chi connectivity index (χ3v) is 5.20. The molecule has 5 rings (SSSR count). The number of aromatic nitrogens is 1. The van der Waals surface area contributed by atoms with E-state index in [1.54, 1.807) is 0 Å². The Hall–Kier alpha value is -1.97. The van der Waals surface area contributed by atoms with Crippen LogP contribution in [-0.2, 0) is 0 Å². The number of ether oxygens (including phenoxy) is 2. The van der Waals surface area contributed by atoms with Gasteiger partial charge in [0.25, 0.3) is 0 Å². The molecule has 0 saturated heterocycles.